The van der Waals surface area contributed by atoms with Crippen LogP contribution in [-0.4, -0.2) is 37.0 Å². The van der Waals surface area contributed by atoms with Gasteiger partial charge in [-0.05, 0) is 43.4 Å². The first-order valence-electron chi connectivity index (χ1n) is 9.43. The lowest BCUT2D eigenvalue weighted by atomic mass is 9.95. The number of carbonyl (C=O) groups excluding carboxylic acids is 2. The molecule has 0 saturated carbocycles. The fourth-order valence-electron chi connectivity index (χ4n) is 3.45. The van der Waals surface area contributed by atoms with Crippen molar-refractivity contribution >= 4 is 28.2 Å². The molecule has 3 rings (SSSR count). The summed E-state index contributed by atoms with van der Waals surface area (Å²) in [7, 11) is 0.983. The van der Waals surface area contributed by atoms with E-state index in [0.717, 1.165) is 24.6 Å². The Bertz CT molecular complexity index is 987. The van der Waals surface area contributed by atoms with Crippen molar-refractivity contribution in [3.8, 4) is 0 Å². The van der Waals surface area contributed by atoms with Gasteiger partial charge in [0.2, 0.25) is 0 Å². The Kier molecular flexibility index (Phi) is 6.45. The van der Waals surface area contributed by atoms with E-state index in [9.17, 15) is 35.9 Å². The molecule has 0 aliphatic heterocycles. The first kappa shape index (κ1) is 23.9. The van der Waals surface area contributed by atoms with Crippen molar-refractivity contribution in [1.82, 2.24) is 5.32 Å². The van der Waals surface area contributed by atoms with Crippen molar-refractivity contribution in [2.45, 2.75) is 43.7 Å². The number of hydrogen-bond donors (Lipinski definition) is 2. The van der Waals surface area contributed by atoms with Crippen LogP contribution in [-0.2, 0) is 17.6 Å². The Morgan fingerprint density at radius 3 is 2.12 bits per heavy atom. The first-order chi connectivity index (χ1) is 14.9. The molecular weight excluding hydrogens is 462 g/mol. The molecule has 1 aromatic heterocycles. The second-order valence-corrected chi connectivity index (χ2v) is 8.20. The minimum Gasteiger partial charge on any atom is -0.465 e. The topological polar surface area (TPSA) is 67.4 Å². The number of benzene rings is 1. The summed E-state index contributed by atoms with van der Waals surface area (Å²) in [6.45, 7) is 0. The van der Waals surface area contributed by atoms with E-state index in [-0.39, 0.29) is 5.56 Å². The summed E-state index contributed by atoms with van der Waals surface area (Å²) in [5.74, 6) is -2.65. The van der Waals surface area contributed by atoms with Crippen molar-refractivity contribution in [1.29, 1.82) is 0 Å². The molecule has 1 amide bonds. The number of anilines is 1. The van der Waals surface area contributed by atoms with Crippen LogP contribution in [0.5, 0.6) is 0 Å². The molecule has 0 bridgehead atoms. The number of rotatable bonds is 5. The number of methoxy groups -OCH3 is 1. The fraction of sp³-hybridized carbons (Fsp3) is 0.400. The van der Waals surface area contributed by atoms with Crippen LogP contribution in [0, 0.1) is 0 Å². The zero-order valence-corrected chi connectivity index (χ0v) is 17.4. The van der Waals surface area contributed by atoms with E-state index in [4.69, 9.17) is 0 Å². The molecule has 2 N–H and O–H groups in total. The predicted octanol–water partition coefficient (Wildman–Crippen LogP) is 5.08. The lowest BCUT2D eigenvalue weighted by Gasteiger charge is -2.38. The highest BCUT2D eigenvalue weighted by Gasteiger charge is 2.73. The SMILES string of the molecule is COC(=O)c1c(NC(NC(=O)c2ccccc2)(C(F)(F)F)C(F)(F)F)sc2c1CCCC2. The van der Waals surface area contributed by atoms with E-state index in [1.807, 2.05) is 0 Å². The largest absolute Gasteiger partial charge is 0.465 e. The van der Waals surface area contributed by atoms with Crippen LogP contribution in [0.15, 0.2) is 30.3 Å². The molecule has 2 aromatic rings. The summed E-state index contributed by atoms with van der Waals surface area (Å²) in [6.07, 6.45) is -9.98. The molecule has 0 atom stereocenters. The van der Waals surface area contributed by atoms with Gasteiger partial charge in [-0.1, -0.05) is 18.2 Å². The van der Waals surface area contributed by atoms with Crippen LogP contribution in [0.4, 0.5) is 31.3 Å². The number of amides is 1. The highest BCUT2D eigenvalue weighted by atomic mass is 32.1. The van der Waals surface area contributed by atoms with Gasteiger partial charge in [-0.15, -0.1) is 11.3 Å². The second-order valence-electron chi connectivity index (χ2n) is 7.10. The van der Waals surface area contributed by atoms with Gasteiger partial charge in [0, 0.05) is 10.4 Å². The maximum absolute atomic E-state index is 14.0. The van der Waals surface area contributed by atoms with Crippen molar-refractivity contribution in [3.05, 3.63) is 51.9 Å². The lowest BCUT2D eigenvalue weighted by molar-refractivity contribution is -0.293. The van der Waals surface area contributed by atoms with Crippen LogP contribution < -0.4 is 10.6 Å². The summed E-state index contributed by atoms with van der Waals surface area (Å²) in [4.78, 5) is 25.2. The quantitative estimate of drug-likeness (QED) is 0.356. The number of esters is 1. The van der Waals surface area contributed by atoms with Crippen LogP contribution in [0.1, 0.15) is 44.0 Å². The van der Waals surface area contributed by atoms with Gasteiger partial charge in [-0.3, -0.25) is 4.79 Å². The zero-order valence-electron chi connectivity index (χ0n) is 16.6. The Morgan fingerprint density at radius 1 is 0.969 bits per heavy atom. The Morgan fingerprint density at radius 2 is 1.56 bits per heavy atom. The molecule has 1 aliphatic carbocycles. The molecule has 174 valence electrons. The summed E-state index contributed by atoms with van der Waals surface area (Å²) in [5.41, 5.74) is -5.25. The van der Waals surface area contributed by atoms with Gasteiger partial charge in [0.25, 0.3) is 5.91 Å². The summed E-state index contributed by atoms with van der Waals surface area (Å²) in [6, 6.07) is 6.21. The summed E-state index contributed by atoms with van der Waals surface area (Å²) < 4.78 is 88.7. The normalized spacial score (nSPS) is 14.5. The van der Waals surface area contributed by atoms with Crippen LogP contribution in [0.3, 0.4) is 0 Å². The number of fused-ring (bicyclic) bond motifs is 1. The first-order valence-corrected chi connectivity index (χ1v) is 10.2. The van der Waals surface area contributed by atoms with Gasteiger partial charge in [0.05, 0.1) is 12.7 Å². The second kappa shape index (κ2) is 8.64. The van der Waals surface area contributed by atoms with Gasteiger partial charge in [-0.2, -0.15) is 26.3 Å². The van der Waals surface area contributed by atoms with Crippen molar-refractivity contribution in [2.24, 2.45) is 0 Å². The maximum atomic E-state index is 14.0. The molecule has 1 aliphatic rings. The molecule has 1 heterocycles. The number of hydrogen-bond acceptors (Lipinski definition) is 5. The lowest BCUT2D eigenvalue weighted by Crippen LogP contribution is -2.72. The van der Waals surface area contributed by atoms with Gasteiger partial charge in [0.1, 0.15) is 5.00 Å². The summed E-state index contributed by atoms with van der Waals surface area (Å²) in [5, 5.41) is 1.88. The highest BCUT2D eigenvalue weighted by molar-refractivity contribution is 7.16. The maximum Gasteiger partial charge on any atom is 0.439 e. The highest BCUT2D eigenvalue weighted by Crippen LogP contribution is 2.47. The average molecular weight is 480 g/mol. The number of nitrogens with one attached hydrogen (secondary N) is 2. The Hall–Kier alpha value is -2.76. The van der Waals surface area contributed by atoms with Crippen molar-refractivity contribution < 1.29 is 40.7 Å². The smallest absolute Gasteiger partial charge is 0.439 e. The molecule has 0 radical (unpaired) electrons. The third-order valence-electron chi connectivity index (χ3n) is 5.05. The zero-order chi connectivity index (χ0) is 23.7. The predicted molar refractivity (Wildman–Crippen MR) is 105 cm³/mol. The van der Waals surface area contributed by atoms with Gasteiger partial charge in [0.15, 0.2) is 0 Å². The van der Waals surface area contributed by atoms with Gasteiger partial charge in [-0.25, -0.2) is 4.79 Å². The number of ether oxygens (including phenoxy) is 1. The molecule has 32 heavy (non-hydrogen) atoms. The van der Waals surface area contributed by atoms with E-state index in [2.05, 4.69) is 4.74 Å². The van der Waals surface area contributed by atoms with E-state index >= 15 is 0 Å². The van der Waals surface area contributed by atoms with Crippen molar-refractivity contribution in [2.75, 3.05) is 12.4 Å². The number of aryl methyl sites for hydroxylation is 1. The molecular formula is C20H18F6N2O3S. The third kappa shape index (κ3) is 4.27. The monoisotopic (exact) mass is 480 g/mol. The minimum absolute atomic E-state index is 0.319. The Balaban J connectivity index is 2.14. The van der Waals surface area contributed by atoms with E-state index in [1.165, 1.54) is 23.5 Å². The van der Waals surface area contributed by atoms with Crippen LogP contribution in [0.2, 0.25) is 0 Å². The van der Waals surface area contributed by atoms with Crippen LogP contribution in [0.25, 0.3) is 0 Å². The minimum atomic E-state index is -6.01. The molecule has 5 nitrogen and oxygen atoms in total. The van der Waals surface area contributed by atoms with E-state index in [0.29, 0.717) is 47.5 Å². The van der Waals surface area contributed by atoms with Gasteiger partial charge < -0.3 is 15.4 Å². The van der Waals surface area contributed by atoms with Crippen LogP contribution >= 0.6 is 11.3 Å². The number of alkyl halides is 6. The number of thiophene rings is 1. The molecule has 0 saturated heterocycles. The molecule has 0 unspecified atom stereocenters. The van der Waals surface area contributed by atoms with E-state index in [1.54, 1.807) is 0 Å². The average Bonchev–Trinajstić information content (AvgIpc) is 3.09. The summed E-state index contributed by atoms with van der Waals surface area (Å²) >= 11 is 0.624. The standard InChI is InChI=1S/C20H18F6N2O3S/c1-31-17(30)14-12-9-5-6-10-13(12)32-16(14)28-18(19(21,22)23,20(24,25)26)27-15(29)11-7-3-2-4-8-11/h2-4,7-8,28H,5-6,9-10H2,1H3,(H,27,29). The molecule has 0 fully saturated rings. The van der Waals surface area contributed by atoms with E-state index < -0.39 is 40.5 Å². The molecule has 0 spiro atoms. The fourth-order valence-corrected chi connectivity index (χ4v) is 4.78. The Labute approximate surface area is 182 Å². The molecule has 12 heteroatoms. The van der Waals surface area contributed by atoms with Gasteiger partial charge >= 0.3 is 24.0 Å². The molecule has 1 aromatic carbocycles. The number of carbonyl (C=O) groups is 2. The third-order valence-corrected chi connectivity index (χ3v) is 6.26. The number of halogens is 6. The van der Waals surface area contributed by atoms with Crippen molar-refractivity contribution in [3.63, 3.8) is 0 Å².